The van der Waals surface area contributed by atoms with E-state index < -0.39 is 0 Å². The molecule has 1 aromatic carbocycles. The minimum Gasteiger partial charge on any atom is -0.317 e. The summed E-state index contributed by atoms with van der Waals surface area (Å²) in [5.74, 6) is 0.750. The molecule has 144 valence electrons. The van der Waals surface area contributed by atoms with Gasteiger partial charge in [-0.3, -0.25) is 0 Å². The van der Waals surface area contributed by atoms with Crippen molar-refractivity contribution in [3.05, 3.63) is 41.0 Å². The Balaban J connectivity index is 1.45. The molecule has 0 amide bonds. The van der Waals surface area contributed by atoms with Crippen LogP contribution in [-0.4, -0.2) is 19.6 Å². The van der Waals surface area contributed by atoms with E-state index in [9.17, 15) is 0 Å². The lowest BCUT2D eigenvalue weighted by Gasteiger charge is -2.29. The van der Waals surface area contributed by atoms with Gasteiger partial charge in [0, 0.05) is 0 Å². The summed E-state index contributed by atoms with van der Waals surface area (Å²) in [6.45, 7) is 5.78. The third-order valence-electron chi connectivity index (χ3n) is 6.15. The molecule has 0 saturated carbocycles. The van der Waals surface area contributed by atoms with Crippen LogP contribution in [0.25, 0.3) is 6.08 Å². The number of fused-ring (bicyclic) bond motifs is 1. The number of piperidine rings is 1. The largest absolute Gasteiger partial charge is 0.317 e. The smallest absolute Gasteiger partial charge is 0.0548 e. The van der Waals surface area contributed by atoms with Gasteiger partial charge in [0.15, 0.2) is 0 Å². The maximum atomic E-state index is 3.91. The lowest BCUT2D eigenvalue weighted by Crippen LogP contribution is -2.32. The van der Waals surface area contributed by atoms with E-state index in [2.05, 4.69) is 47.9 Å². The molecule has 2 heteroatoms. The molecule has 2 N–H and O–H groups in total. The van der Waals surface area contributed by atoms with Gasteiger partial charge in [-0.2, -0.15) is 0 Å². The van der Waals surface area contributed by atoms with Gasteiger partial charge in [0.2, 0.25) is 0 Å². The number of rotatable bonds is 11. The molecular weight excluding hydrogens is 316 g/mol. The fourth-order valence-electron chi connectivity index (χ4n) is 4.59. The van der Waals surface area contributed by atoms with Crippen LogP contribution >= 0.6 is 0 Å². The van der Waals surface area contributed by atoms with Gasteiger partial charge in [-0.1, -0.05) is 82.2 Å². The SMILES string of the molecule is CCCCCCCCCCNC1C(C2CCNCC2)=Cc2ccccc21. The summed E-state index contributed by atoms with van der Waals surface area (Å²) in [6.07, 6.45) is 16.2. The van der Waals surface area contributed by atoms with Crippen molar-refractivity contribution in [1.29, 1.82) is 0 Å². The average molecular weight is 355 g/mol. The highest BCUT2D eigenvalue weighted by Gasteiger charge is 2.30. The second-order valence-electron chi connectivity index (χ2n) is 8.16. The molecule has 2 aliphatic rings. The predicted molar refractivity (Wildman–Crippen MR) is 113 cm³/mol. The first kappa shape index (κ1) is 19.6. The normalized spacial score (nSPS) is 20.2. The van der Waals surface area contributed by atoms with Crippen molar-refractivity contribution in [1.82, 2.24) is 10.6 Å². The molecule has 1 aliphatic carbocycles. The Morgan fingerprint density at radius 1 is 0.923 bits per heavy atom. The third kappa shape index (κ3) is 5.44. The molecular formula is C24H38N2. The quantitative estimate of drug-likeness (QED) is 0.487. The van der Waals surface area contributed by atoms with Crippen LogP contribution in [0.5, 0.6) is 0 Å². The first-order chi connectivity index (χ1) is 12.9. The Hall–Kier alpha value is -1.12. The maximum absolute atomic E-state index is 3.91. The van der Waals surface area contributed by atoms with Crippen LogP contribution < -0.4 is 10.6 Å². The van der Waals surface area contributed by atoms with Crippen LogP contribution in [-0.2, 0) is 0 Å². The molecule has 26 heavy (non-hydrogen) atoms. The number of benzene rings is 1. The minimum atomic E-state index is 0.457. The third-order valence-corrected chi connectivity index (χ3v) is 6.15. The molecule has 0 aromatic heterocycles. The molecule has 0 spiro atoms. The van der Waals surface area contributed by atoms with Crippen LogP contribution in [0.4, 0.5) is 0 Å². The van der Waals surface area contributed by atoms with E-state index in [1.165, 1.54) is 88.4 Å². The van der Waals surface area contributed by atoms with Crippen molar-refractivity contribution in [2.45, 2.75) is 77.2 Å². The van der Waals surface area contributed by atoms with Crippen molar-refractivity contribution < 1.29 is 0 Å². The fraction of sp³-hybridized carbons (Fsp3) is 0.667. The summed E-state index contributed by atoms with van der Waals surface area (Å²) >= 11 is 0. The minimum absolute atomic E-state index is 0.457. The van der Waals surface area contributed by atoms with Crippen molar-refractivity contribution in [2.24, 2.45) is 5.92 Å². The molecule has 1 fully saturated rings. The molecule has 1 aromatic rings. The van der Waals surface area contributed by atoms with Gasteiger partial charge in [0.05, 0.1) is 6.04 Å². The number of nitrogens with one attached hydrogen (secondary N) is 2. The Morgan fingerprint density at radius 2 is 1.62 bits per heavy atom. The van der Waals surface area contributed by atoms with Gasteiger partial charge in [0.1, 0.15) is 0 Å². The molecule has 1 atom stereocenters. The highest BCUT2D eigenvalue weighted by molar-refractivity contribution is 5.66. The van der Waals surface area contributed by atoms with Gasteiger partial charge in [-0.15, -0.1) is 0 Å². The zero-order valence-electron chi connectivity index (χ0n) is 16.7. The van der Waals surface area contributed by atoms with Gasteiger partial charge >= 0.3 is 0 Å². The molecule has 1 aliphatic heterocycles. The summed E-state index contributed by atoms with van der Waals surface area (Å²) in [6, 6.07) is 9.44. The van der Waals surface area contributed by atoms with Crippen molar-refractivity contribution in [3.8, 4) is 0 Å². The van der Waals surface area contributed by atoms with E-state index in [4.69, 9.17) is 0 Å². The molecule has 1 unspecified atom stereocenters. The zero-order chi connectivity index (χ0) is 18.0. The summed E-state index contributed by atoms with van der Waals surface area (Å²) < 4.78 is 0. The number of hydrogen-bond acceptors (Lipinski definition) is 2. The lowest BCUT2D eigenvalue weighted by atomic mass is 9.86. The van der Waals surface area contributed by atoms with Gasteiger partial charge in [-0.25, -0.2) is 0 Å². The standard InChI is InChI=1S/C24H38N2/c1-2-3-4-5-6-7-8-11-16-26-24-22-13-10-9-12-21(22)19-23(24)20-14-17-25-18-15-20/h9-10,12-13,19-20,24-26H,2-8,11,14-18H2,1H3. The van der Waals surface area contributed by atoms with E-state index in [0.29, 0.717) is 6.04 Å². The van der Waals surface area contributed by atoms with Crippen LogP contribution in [0.1, 0.15) is 88.3 Å². The lowest BCUT2D eigenvalue weighted by molar-refractivity contribution is 0.393. The second kappa shape index (κ2) is 10.9. The Kier molecular flexibility index (Phi) is 8.23. The molecule has 0 radical (unpaired) electrons. The first-order valence-corrected chi connectivity index (χ1v) is 11.1. The van der Waals surface area contributed by atoms with Gasteiger partial charge < -0.3 is 10.6 Å². The van der Waals surface area contributed by atoms with E-state index in [0.717, 1.165) is 12.5 Å². The van der Waals surface area contributed by atoms with Crippen molar-refractivity contribution >= 4 is 6.08 Å². The summed E-state index contributed by atoms with van der Waals surface area (Å²) in [5.41, 5.74) is 4.59. The van der Waals surface area contributed by atoms with Crippen LogP contribution in [0.3, 0.4) is 0 Å². The van der Waals surface area contributed by atoms with Gasteiger partial charge in [-0.05, 0) is 61.5 Å². The summed E-state index contributed by atoms with van der Waals surface area (Å²) in [7, 11) is 0. The van der Waals surface area contributed by atoms with E-state index in [-0.39, 0.29) is 0 Å². The van der Waals surface area contributed by atoms with E-state index in [1.807, 2.05) is 0 Å². The predicted octanol–water partition coefficient (Wildman–Crippen LogP) is 5.85. The topological polar surface area (TPSA) is 24.1 Å². The highest BCUT2D eigenvalue weighted by atomic mass is 14.9. The zero-order valence-corrected chi connectivity index (χ0v) is 16.7. The summed E-state index contributed by atoms with van der Waals surface area (Å²) in [4.78, 5) is 0. The molecule has 3 rings (SSSR count). The molecule has 1 heterocycles. The van der Waals surface area contributed by atoms with Crippen molar-refractivity contribution in [3.63, 3.8) is 0 Å². The number of unbranched alkanes of at least 4 members (excludes halogenated alkanes) is 7. The van der Waals surface area contributed by atoms with Crippen LogP contribution in [0.2, 0.25) is 0 Å². The molecule has 1 saturated heterocycles. The summed E-state index contributed by atoms with van der Waals surface area (Å²) in [5, 5.41) is 7.42. The second-order valence-corrected chi connectivity index (χ2v) is 8.16. The average Bonchev–Trinajstić information content (AvgIpc) is 3.06. The monoisotopic (exact) mass is 354 g/mol. The Morgan fingerprint density at radius 3 is 2.38 bits per heavy atom. The van der Waals surface area contributed by atoms with Gasteiger partial charge in [0.25, 0.3) is 0 Å². The van der Waals surface area contributed by atoms with E-state index >= 15 is 0 Å². The van der Waals surface area contributed by atoms with E-state index in [1.54, 1.807) is 5.57 Å². The van der Waals surface area contributed by atoms with Crippen LogP contribution in [0.15, 0.2) is 29.8 Å². The number of hydrogen-bond donors (Lipinski definition) is 2. The van der Waals surface area contributed by atoms with Crippen LogP contribution in [0, 0.1) is 5.92 Å². The Bertz CT molecular complexity index is 557. The fourth-order valence-corrected chi connectivity index (χ4v) is 4.59. The van der Waals surface area contributed by atoms with Crippen molar-refractivity contribution in [2.75, 3.05) is 19.6 Å². The first-order valence-electron chi connectivity index (χ1n) is 11.1. The Labute approximate surface area is 160 Å². The molecule has 2 nitrogen and oxygen atoms in total. The highest BCUT2D eigenvalue weighted by Crippen LogP contribution is 2.40. The molecule has 0 bridgehead atoms. The maximum Gasteiger partial charge on any atom is 0.0548 e.